The summed E-state index contributed by atoms with van der Waals surface area (Å²) in [6, 6.07) is 5.53. The van der Waals surface area contributed by atoms with Crippen LogP contribution in [0.2, 0.25) is 0 Å². The smallest absolute Gasteiger partial charge is 0.315 e. The van der Waals surface area contributed by atoms with Crippen LogP contribution in [0.25, 0.3) is 0 Å². The molecule has 1 aliphatic rings. The number of rotatable bonds is 4. The Kier molecular flexibility index (Phi) is 4.62. The number of nitrogens with one attached hydrogen (secondary N) is 2. The summed E-state index contributed by atoms with van der Waals surface area (Å²) >= 11 is 0. The Morgan fingerprint density at radius 2 is 2.19 bits per heavy atom. The number of nitrogens with zero attached hydrogens (tertiary/aromatic N) is 1. The van der Waals surface area contributed by atoms with Crippen molar-refractivity contribution in [3.8, 4) is 0 Å². The van der Waals surface area contributed by atoms with Crippen LogP contribution in [-0.4, -0.2) is 31.1 Å². The average Bonchev–Trinajstić information content (AvgIpc) is 2.80. The van der Waals surface area contributed by atoms with Crippen LogP contribution in [0.15, 0.2) is 30.9 Å². The molecule has 1 aromatic rings. The molecule has 3 amide bonds. The van der Waals surface area contributed by atoms with Crippen molar-refractivity contribution in [2.24, 2.45) is 0 Å². The molecule has 1 saturated heterocycles. The third kappa shape index (κ3) is 3.62. The van der Waals surface area contributed by atoms with E-state index >= 15 is 0 Å². The molecule has 0 aromatic heterocycles. The van der Waals surface area contributed by atoms with Crippen LogP contribution in [0.1, 0.15) is 17.5 Å². The number of hydrogen-bond donors (Lipinski definition) is 2. The zero-order chi connectivity index (χ0) is 15.4. The van der Waals surface area contributed by atoms with Gasteiger partial charge in [-0.25, -0.2) is 4.79 Å². The van der Waals surface area contributed by atoms with E-state index in [1.54, 1.807) is 11.0 Å². The van der Waals surface area contributed by atoms with Gasteiger partial charge in [-0.2, -0.15) is 0 Å². The van der Waals surface area contributed by atoms with Crippen molar-refractivity contribution in [1.29, 1.82) is 0 Å². The van der Waals surface area contributed by atoms with Crippen molar-refractivity contribution in [3.63, 3.8) is 0 Å². The van der Waals surface area contributed by atoms with Crippen LogP contribution < -0.4 is 15.5 Å². The van der Waals surface area contributed by atoms with Gasteiger partial charge in [0.25, 0.3) is 0 Å². The van der Waals surface area contributed by atoms with E-state index in [2.05, 4.69) is 17.2 Å². The number of carbonyl (C=O) groups excluding carboxylic acids is 2. The highest BCUT2D eigenvalue weighted by Gasteiger charge is 2.31. The standard InChI is InChI=1S/C16H21N3O2/c1-4-7-17-16(21)18-13-9-15(20)19(10-13)14-6-5-11(2)12(3)8-14/h4-6,8,13H,1,7,9-10H2,2-3H3,(H2,17,18,21)/t13-/m1/s1. The largest absolute Gasteiger partial charge is 0.335 e. The van der Waals surface area contributed by atoms with Gasteiger partial charge in [-0.15, -0.1) is 6.58 Å². The predicted octanol–water partition coefficient (Wildman–Crippen LogP) is 1.89. The number of anilines is 1. The zero-order valence-electron chi connectivity index (χ0n) is 12.5. The van der Waals surface area contributed by atoms with Crippen molar-refractivity contribution >= 4 is 17.6 Å². The Morgan fingerprint density at radius 1 is 1.43 bits per heavy atom. The summed E-state index contributed by atoms with van der Waals surface area (Å²) in [4.78, 5) is 25.4. The highest BCUT2D eigenvalue weighted by atomic mass is 16.2. The summed E-state index contributed by atoms with van der Waals surface area (Å²) in [5.74, 6) is 0.0345. The van der Waals surface area contributed by atoms with E-state index in [1.807, 2.05) is 32.0 Å². The second-order valence-electron chi connectivity index (χ2n) is 5.32. The fourth-order valence-electron chi connectivity index (χ4n) is 2.35. The predicted molar refractivity (Wildman–Crippen MR) is 83.4 cm³/mol. The fraction of sp³-hybridized carbons (Fsp3) is 0.375. The Hall–Kier alpha value is -2.30. The minimum atomic E-state index is -0.269. The zero-order valence-corrected chi connectivity index (χ0v) is 12.5. The van der Waals surface area contributed by atoms with Gasteiger partial charge in [0.15, 0.2) is 0 Å². The number of amides is 3. The molecule has 1 atom stereocenters. The van der Waals surface area contributed by atoms with Crippen molar-refractivity contribution < 1.29 is 9.59 Å². The Bertz CT molecular complexity index is 569. The van der Waals surface area contributed by atoms with E-state index in [-0.39, 0.29) is 18.0 Å². The lowest BCUT2D eigenvalue weighted by Crippen LogP contribution is -2.43. The second-order valence-corrected chi connectivity index (χ2v) is 5.32. The highest BCUT2D eigenvalue weighted by Crippen LogP contribution is 2.23. The molecule has 1 fully saturated rings. The van der Waals surface area contributed by atoms with Crippen molar-refractivity contribution in [2.75, 3.05) is 18.0 Å². The van der Waals surface area contributed by atoms with Crippen LogP contribution >= 0.6 is 0 Å². The molecular weight excluding hydrogens is 266 g/mol. The lowest BCUT2D eigenvalue weighted by atomic mass is 10.1. The first-order chi connectivity index (χ1) is 10.0. The highest BCUT2D eigenvalue weighted by molar-refractivity contribution is 5.96. The minimum Gasteiger partial charge on any atom is -0.335 e. The van der Waals surface area contributed by atoms with Crippen LogP contribution in [-0.2, 0) is 4.79 Å². The maximum Gasteiger partial charge on any atom is 0.315 e. The molecule has 1 aromatic carbocycles. The van der Waals surface area contributed by atoms with Crippen molar-refractivity contribution in [2.45, 2.75) is 26.3 Å². The molecule has 2 rings (SSSR count). The van der Waals surface area contributed by atoms with Gasteiger partial charge >= 0.3 is 6.03 Å². The minimum absolute atomic E-state index is 0.0345. The van der Waals surface area contributed by atoms with E-state index in [0.29, 0.717) is 19.5 Å². The molecule has 0 aliphatic carbocycles. The summed E-state index contributed by atoms with van der Waals surface area (Å²) in [6.07, 6.45) is 1.94. The lowest BCUT2D eigenvalue weighted by Gasteiger charge is -2.18. The van der Waals surface area contributed by atoms with Gasteiger partial charge in [0.1, 0.15) is 0 Å². The van der Waals surface area contributed by atoms with E-state index < -0.39 is 0 Å². The molecule has 5 nitrogen and oxygen atoms in total. The monoisotopic (exact) mass is 287 g/mol. The maximum absolute atomic E-state index is 12.1. The van der Waals surface area contributed by atoms with Gasteiger partial charge in [0.2, 0.25) is 5.91 Å². The average molecular weight is 287 g/mol. The summed E-state index contributed by atoms with van der Waals surface area (Å²) in [5.41, 5.74) is 3.24. The van der Waals surface area contributed by atoms with Crippen LogP contribution in [0.4, 0.5) is 10.5 Å². The Balaban J connectivity index is 2.00. The van der Waals surface area contributed by atoms with Gasteiger partial charge in [0, 0.05) is 25.2 Å². The first kappa shape index (κ1) is 15.1. The molecule has 1 heterocycles. The van der Waals surface area contributed by atoms with Crippen molar-refractivity contribution in [1.82, 2.24) is 10.6 Å². The third-order valence-corrected chi connectivity index (χ3v) is 3.67. The van der Waals surface area contributed by atoms with Crippen LogP contribution in [0.3, 0.4) is 0 Å². The van der Waals surface area contributed by atoms with Gasteiger partial charge in [0.05, 0.1) is 6.04 Å². The van der Waals surface area contributed by atoms with Gasteiger partial charge in [-0.1, -0.05) is 12.1 Å². The van der Waals surface area contributed by atoms with Crippen LogP contribution in [0, 0.1) is 13.8 Å². The second kappa shape index (κ2) is 6.43. The van der Waals surface area contributed by atoms with E-state index in [9.17, 15) is 9.59 Å². The molecule has 0 radical (unpaired) electrons. The maximum atomic E-state index is 12.1. The molecule has 0 unspecified atom stereocenters. The Labute approximate surface area is 125 Å². The summed E-state index contributed by atoms with van der Waals surface area (Å²) < 4.78 is 0. The molecular formula is C16H21N3O2. The normalized spacial score (nSPS) is 17.7. The van der Waals surface area contributed by atoms with Crippen LogP contribution in [0.5, 0.6) is 0 Å². The molecule has 1 aliphatic heterocycles. The molecule has 21 heavy (non-hydrogen) atoms. The number of carbonyl (C=O) groups is 2. The Morgan fingerprint density at radius 3 is 2.86 bits per heavy atom. The summed E-state index contributed by atoms with van der Waals surface area (Å²) in [7, 11) is 0. The molecule has 112 valence electrons. The summed E-state index contributed by atoms with van der Waals surface area (Å²) in [5, 5.41) is 5.46. The summed E-state index contributed by atoms with van der Waals surface area (Å²) in [6.45, 7) is 8.52. The first-order valence-electron chi connectivity index (χ1n) is 7.04. The number of aryl methyl sites for hydroxylation is 2. The van der Waals surface area contributed by atoms with Gasteiger partial charge < -0.3 is 15.5 Å². The lowest BCUT2D eigenvalue weighted by molar-refractivity contribution is -0.117. The molecule has 0 spiro atoms. The van der Waals surface area contributed by atoms with E-state index in [1.165, 1.54) is 5.56 Å². The van der Waals surface area contributed by atoms with E-state index in [4.69, 9.17) is 0 Å². The molecule has 2 N–H and O–H groups in total. The first-order valence-corrected chi connectivity index (χ1v) is 7.04. The van der Waals surface area contributed by atoms with Crippen molar-refractivity contribution in [3.05, 3.63) is 42.0 Å². The van der Waals surface area contributed by atoms with Gasteiger partial charge in [-0.05, 0) is 37.1 Å². The van der Waals surface area contributed by atoms with E-state index in [0.717, 1.165) is 11.3 Å². The number of hydrogen-bond acceptors (Lipinski definition) is 2. The third-order valence-electron chi connectivity index (χ3n) is 3.67. The quantitative estimate of drug-likeness (QED) is 0.831. The van der Waals surface area contributed by atoms with Gasteiger partial charge in [-0.3, -0.25) is 4.79 Å². The number of benzene rings is 1. The fourth-order valence-corrected chi connectivity index (χ4v) is 2.35. The molecule has 0 saturated carbocycles. The molecule has 0 bridgehead atoms. The number of urea groups is 1. The molecule has 5 heteroatoms. The SMILES string of the molecule is C=CCNC(=O)N[C@@H]1CC(=O)N(c2ccc(C)c(C)c2)C1. The topological polar surface area (TPSA) is 61.4 Å².